The smallest absolute Gasteiger partial charge is 0.247 e. The van der Waals surface area contributed by atoms with Gasteiger partial charge in [0.25, 0.3) is 0 Å². The molecule has 0 aromatic heterocycles. The molecule has 1 fully saturated rings. The number of rotatable bonds is 2. The van der Waals surface area contributed by atoms with Crippen molar-refractivity contribution in [2.45, 2.75) is 71.8 Å². The van der Waals surface area contributed by atoms with Crippen molar-refractivity contribution in [2.75, 3.05) is 0 Å². The monoisotopic (exact) mass is 261 g/mol. The van der Waals surface area contributed by atoms with E-state index in [1.165, 1.54) is 31.3 Å². The van der Waals surface area contributed by atoms with Crippen molar-refractivity contribution in [3.05, 3.63) is 22.8 Å². The van der Waals surface area contributed by atoms with Crippen LogP contribution in [0, 0.1) is 5.92 Å². The Labute approximate surface area is 117 Å². The van der Waals surface area contributed by atoms with Crippen LogP contribution in [0.3, 0.4) is 0 Å². The number of carbonyl (C=O) groups is 1. The molecule has 0 bridgehead atoms. The molecule has 0 radical (unpaired) electrons. The van der Waals surface area contributed by atoms with E-state index in [0.717, 1.165) is 30.4 Å². The highest BCUT2D eigenvalue weighted by Gasteiger charge is 2.24. The van der Waals surface area contributed by atoms with Crippen molar-refractivity contribution in [3.63, 3.8) is 0 Å². The first-order chi connectivity index (χ1) is 9.08. The second-order valence-electron chi connectivity index (χ2n) is 6.35. The molecule has 1 atom stereocenters. The highest BCUT2D eigenvalue weighted by molar-refractivity contribution is 5.95. The summed E-state index contributed by atoms with van der Waals surface area (Å²) >= 11 is 0. The highest BCUT2D eigenvalue weighted by Crippen LogP contribution is 2.29. The zero-order chi connectivity index (χ0) is 13.8. The molecule has 106 valence electrons. The molecule has 2 rings (SSSR count). The molecule has 2 aliphatic rings. The molecule has 1 unspecified atom stereocenters. The maximum Gasteiger partial charge on any atom is 0.247 e. The fourth-order valence-electron chi connectivity index (χ4n) is 3.57. The molecule has 2 nitrogen and oxygen atoms in total. The van der Waals surface area contributed by atoms with Gasteiger partial charge in [0, 0.05) is 11.6 Å². The summed E-state index contributed by atoms with van der Waals surface area (Å²) in [7, 11) is 0. The van der Waals surface area contributed by atoms with Crippen molar-refractivity contribution >= 4 is 5.91 Å². The lowest BCUT2D eigenvalue weighted by atomic mass is 9.84. The zero-order valence-corrected chi connectivity index (χ0v) is 12.6. The Morgan fingerprint density at radius 3 is 2.37 bits per heavy atom. The van der Waals surface area contributed by atoms with E-state index in [9.17, 15) is 4.79 Å². The van der Waals surface area contributed by atoms with E-state index in [2.05, 4.69) is 32.2 Å². The zero-order valence-electron chi connectivity index (χ0n) is 12.6. The Bertz CT molecular complexity index is 397. The molecular weight excluding hydrogens is 234 g/mol. The molecule has 0 saturated heterocycles. The average molecular weight is 261 g/mol. The fourth-order valence-corrected chi connectivity index (χ4v) is 3.57. The van der Waals surface area contributed by atoms with Crippen LogP contribution >= 0.6 is 0 Å². The van der Waals surface area contributed by atoms with Gasteiger partial charge in [-0.25, -0.2) is 0 Å². The molecule has 1 N–H and O–H groups in total. The van der Waals surface area contributed by atoms with Crippen molar-refractivity contribution in [1.82, 2.24) is 5.32 Å². The van der Waals surface area contributed by atoms with Crippen LogP contribution in [0.5, 0.6) is 0 Å². The minimum absolute atomic E-state index is 0.181. The Hall–Kier alpha value is -1.05. The first-order valence-corrected chi connectivity index (χ1v) is 7.76. The van der Waals surface area contributed by atoms with Crippen molar-refractivity contribution in [2.24, 2.45) is 5.92 Å². The lowest BCUT2D eigenvalue weighted by molar-refractivity contribution is -0.118. The molecule has 2 aliphatic carbocycles. The Balaban J connectivity index is 2.04. The summed E-state index contributed by atoms with van der Waals surface area (Å²) in [6, 6.07) is 0.398. The third kappa shape index (κ3) is 3.71. The first-order valence-electron chi connectivity index (χ1n) is 7.76. The summed E-state index contributed by atoms with van der Waals surface area (Å²) < 4.78 is 0. The predicted molar refractivity (Wildman–Crippen MR) is 79.9 cm³/mol. The minimum atomic E-state index is 0.181. The summed E-state index contributed by atoms with van der Waals surface area (Å²) in [4.78, 5) is 12.5. The van der Waals surface area contributed by atoms with Crippen LogP contribution in [0.1, 0.15) is 65.7 Å². The maximum atomic E-state index is 12.5. The number of carbonyl (C=O) groups excluding carboxylic acids is 1. The van der Waals surface area contributed by atoms with Crippen molar-refractivity contribution < 1.29 is 4.79 Å². The molecule has 1 amide bonds. The van der Waals surface area contributed by atoms with Gasteiger partial charge in [-0.15, -0.1) is 0 Å². The van der Waals surface area contributed by atoms with E-state index in [4.69, 9.17) is 0 Å². The summed E-state index contributed by atoms with van der Waals surface area (Å²) in [6.45, 7) is 6.39. The molecular formula is C17H27NO. The molecule has 0 spiro atoms. The van der Waals surface area contributed by atoms with Gasteiger partial charge < -0.3 is 5.32 Å². The van der Waals surface area contributed by atoms with Crippen LogP contribution in [-0.4, -0.2) is 11.9 Å². The van der Waals surface area contributed by atoms with Crippen LogP contribution in [-0.2, 0) is 4.79 Å². The van der Waals surface area contributed by atoms with Gasteiger partial charge in [0.1, 0.15) is 0 Å². The first kappa shape index (κ1) is 14.4. The molecule has 19 heavy (non-hydrogen) atoms. The second kappa shape index (κ2) is 6.40. The van der Waals surface area contributed by atoms with E-state index in [1.807, 2.05) is 0 Å². The van der Waals surface area contributed by atoms with Gasteiger partial charge in [0.15, 0.2) is 0 Å². The highest BCUT2D eigenvalue weighted by atomic mass is 16.1. The second-order valence-corrected chi connectivity index (χ2v) is 6.35. The topological polar surface area (TPSA) is 29.1 Å². The van der Waals surface area contributed by atoms with E-state index >= 15 is 0 Å². The quantitative estimate of drug-likeness (QED) is 0.744. The lowest BCUT2D eigenvalue weighted by Crippen LogP contribution is -2.37. The van der Waals surface area contributed by atoms with Crippen LogP contribution < -0.4 is 5.32 Å². The molecule has 2 heteroatoms. The molecule has 0 aromatic rings. The third-order valence-corrected chi connectivity index (χ3v) is 4.44. The molecule has 0 aliphatic heterocycles. The van der Waals surface area contributed by atoms with Crippen LogP contribution in [0.4, 0.5) is 0 Å². The molecule has 1 saturated carbocycles. The fraction of sp³-hybridized carbons (Fsp3) is 0.706. The Morgan fingerprint density at radius 2 is 1.79 bits per heavy atom. The van der Waals surface area contributed by atoms with Gasteiger partial charge in [-0.2, -0.15) is 0 Å². The van der Waals surface area contributed by atoms with Gasteiger partial charge >= 0.3 is 0 Å². The number of allylic oxidation sites excluding steroid dienone is 3. The van der Waals surface area contributed by atoms with E-state index in [0.29, 0.717) is 12.0 Å². The largest absolute Gasteiger partial charge is 0.350 e. The Kier molecular flexibility index (Phi) is 4.84. The Morgan fingerprint density at radius 1 is 1.16 bits per heavy atom. The van der Waals surface area contributed by atoms with Crippen LogP contribution in [0.15, 0.2) is 22.8 Å². The standard InChI is InChI=1S/C17H27NO/c1-12-10-13(2)16(14(3)11-12)17(19)18-15-8-6-4-5-7-9-15/h10,14-15H,4-9,11H2,1-3H3,(H,18,19). The van der Waals surface area contributed by atoms with Gasteiger partial charge in [-0.3, -0.25) is 4.79 Å². The minimum Gasteiger partial charge on any atom is -0.350 e. The molecule has 0 heterocycles. The van der Waals surface area contributed by atoms with E-state index < -0.39 is 0 Å². The third-order valence-electron chi connectivity index (χ3n) is 4.44. The summed E-state index contributed by atoms with van der Waals surface area (Å²) in [6.07, 6.45) is 10.7. The summed E-state index contributed by atoms with van der Waals surface area (Å²) in [5, 5.41) is 3.28. The number of hydrogen-bond acceptors (Lipinski definition) is 1. The van der Waals surface area contributed by atoms with Gasteiger partial charge in [-0.05, 0) is 44.6 Å². The number of amides is 1. The van der Waals surface area contributed by atoms with Gasteiger partial charge in [-0.1, -0.05) is 44.3 Å². The number of nitrogens with one attached hydrogen (secondary N) is 1. The van der Waals surface area contributed by atoms with Gasteiger partial charge in [0.2, 0.25) is 5.91 Å². The normalized spacial score (nSPS) is 25.8. The van der Waals surface area contributed by atoms with Gasteiger partial charge in [0.05, 0.1) is 0 Å². The maximum absolute atomic E-state index is 12.5. The summed E-state index contributed by atoms with van der Waals surface area (Å²) in [5.74, 6) is 0.538. The van der Waals surface area contributed by atoms with Crippen LogP contribution in [0.25, 0.3) is 0 Å². The predicted octanol–water partition coefficient (Wildman–Crippen LogP) is 4.13. The molecule has 0 aromatic carbocycles. The van der Waals surface area contributed by atoms with E-state index in [1.54, 1.807) is 0 Å². The van der Waals surface area contributed by atoms with Crippen molar-refractivity contribution in [3.8, 4) is 0 Å². The average Bonchev–Trinajstić information content (AvgIpc) is 2.56. The van der Waals surface area contributed by atoms with Crippen molar-refractivity contribution in [1.29, 1.82) is 0 Å². The number of hydrogen-bond donors (Lipinski definition) is 1. The van der Waals surface area contributed by atoms with Crippen LogP contribution in [0.2, 0.25) is 0 Å². The lowest BCUT2D eigenvalue weighted by Gasteiger charge is -2.25. The SMILES string of the molecule is CC1=CC(C)=C(C(=O)NC2CCCCCC2)C(C)C1. The summed E-state index contributed by atoms with van der Waals surface area (Å²) in [5.41, 5.74) is 3.55. The van der Waals surface area contributed by atoms with E-state index in [-0.39, 0.29) is 5.91 Å².